The van der Waals surface area contributed by atoms with Crippen molar-refractivity contribution in [3.05, 3.63) is 22.8 Å². The van der Waals surface area contributed by atoms with Gasteiger partial charge in [-0.3, -0.25) is 10.1 Å². The molecule has 0 aliphatic heterocycles. The Morgan fingerprint density at radius 3 is 2.58 bits per heavy atom. The molecule has 0 bridgehead atoms. The molecular formula is C7H11NO4. The number of nitro groups is 1. The molecule has 1 atom stereocenters. The summed E-state index contributed by atoms with van der Waals surface area (Å²) in [7, 11) is 1.12. The van der Waals surface area contributed by atoms with E-state index in [4.69, 9.17) is 0 Å². The SMILES string of the molecule is C=CC[C@](C)(C(=O)OC)[N+](=O)[O-]. The highest BCUT2D eigenvalue weighted by atomic mass is 16.6. The molecule has 0 amide bonds. The van der Waals surface area contributed by atoms with E-state index in [1.54, 1.807) is 0 Å². The molecular weight excluding hydrogens is 162 g/mol. The van der Waals surface area contributed by atoms with Crippen LogP contribution in [0.2, 0.25) is 0 Å². The van der Waals surface area contributed by atoms with E-state index in [9.17, 15) is 14.9 Å². The van der Waals surface area contributed by atoms with Crippen LogP contribution in [0.4, 0.5) is 0 Å². The zero-order chi connectivity index (χ0) is 9.78. The first kappa shape index (κ1) is 10.6. The van der Waals surface area contributed by atoms with E-state index >= 15 is 0 Å². The Kier molecular flexibility index (Phi) is 3.40. The summed E-state index contributed by atoms with van der Waals surface area (Å²) in [6.45, 7) is 4.54. The van der Waals surface area contributed by atoms with E-state index in [1.165, 1.54) is 13.0 Å². The standard InChI is InChI=1S/C7H11NO4/c1-4-5-7(2,8(10)11)6(9)12-3/h4H,1,5H2,2-3H3/t7-/m1/s1. The average molecular weight is 173 g/mol. The number of carbonyl (C=O) groups is 1. The van der Waals surface area contributed by atoms with Crippen molar-refractivity contribution in [3.8, 4) is 0 Å². The molecule has 0 fully saturated rings. The summed E-state index contributed by atoms with van der Waals surface area (Å²) in [6, 6.07) is 0. The van der Waals surface area contributed by atoms with Gasteiger partial charge in [-0.1, -0.05) is 6.08 Å². The first-order chi connectivity index (χ1) is 5.49. The van der Waals surface area contributed by atoms with Crippen molar-refractivity contribution in [2.75, 3.05) is 7.11 Å². The number of hydrogen-bond acceptors (Lipinski definition) is 4. The average Bonchev–Trinajstić information content (AvgIpc) is 2.03. The summed E-state index contributed by atoms with van der Waals surface area (Å²) in [4.78, 5) is 20.8. The van der Waals surface area contributed by atoms with Gasteiger partial charge in [0.1, 0.15) is 0 Å². The molecule has 0 aromatic carbocycles. The number of hydrogen-bond donors (Lipinski definition) is 0. The molecule has 0 rings (SSSR count). The number of carbonyl (C=O) groups excluding carboxylic acids is 1. The van der Waals surface area contributed by atoms with Crippen LogP contribution >= 0.6 is 0 Å². The zero-order valence-corrected chi connectivity index (χ0v) is 7.07. The van der Waals surface area contributed by atoms with Crippen molar-refractivity contribution in [1.82, 2.24) is 0 Å². The summed E-state index contributed by atoms with van der Waals surface area (Å²) >= 11 is 0. The maximum Gasteiger partial charge on any atom is 0.384 e. The van der Waals surface area contributed by atoms with Gasteiger partial charge < -0.3 is 4.74 Å². The normalized spacial score (nSPS) is 14.5. The number of methoxy groups -OCH3 is 1. The van der Waals surface area contributed by atoms with Crippen molar-refractivity contribution in [1.29, 1.82) is 0 Å². The minimum atomic E-state index is -1.70. The molecule has 0 aliphatic rings. The highest BCUT2D eigenvalue weighted by molar-refractivity contribution is 5.78. The predicted molar refractivity (Wildman–Crippen MR) is 42.2 cm³/mol. The van der Waals surface area contributed by atoms with Crippen LogP contribution in [0.1, 0.15) is 13.3 Å². The van der Waals surface area contributed by atoms with E-state index < -0.39 is 16.4 Å². The molecule has 0 unspecified atom stereocenters. The molecule has 5 nitrogen and oxygen atoms in total. The fraction of sp³-hybridized carbons (Fsp3) is 0.571. The van der Waals surface area contributed by atoms with Crippen LogP contribution in [0.15, 0.2) is 12.7 Å². The highest BCUT2D eigenvalue weighted by Crippen LogP contribution is 2.16. The molecule has 0 aliphatic carbocycles. The largest absolute Gasteiger partial charge is 0.464 e. The third kappa shape index (κ3) is 1.81. The minimum absolute atomic E-state index is 0.0350. The van der Waals surface area contributed by atoms with Gasteiger partial charge in [-0.15, -0.1) is 6.58 Å². The Bertz CT molecular complexity index is 213. The van der Waals surface area contributed by atoms with E-state index in [0.717, 1.165) is 7.11 Å². The molecule has 0 aromatic heterocycles. The van der Waals surface area contributed by atoms with Crippen molar-refractivity contribution >= 4 is 5.97 Å². The molecule has 0 N–H and O–H groups in total. The van der Waals surface area contributed by atoms with Crippen LogP contribution in [-0.2, 0) is 9.53 Å². The lowest BCUT2D eigenvalue weighted by Crippen LogP contribution is -2.43. The van der Waals surface area contributed by atoms with Gasteiger partial charge in [0.05, 0.1) is 7.11 Å². The number of rotatable bonds is 4. The number of ether oxygens (including phenoxy) is 1. The zero-order valence-electron chi connectivity index (χ0n) is 7.07. The summed E-state index contributed by atoms with van der Waals surface area (Å²) < 4.78 is 4.30. The van der Waals surface area contributed by atoms with Gasteiger partial charge in [0.15, 0.2) is 0 Å². The molecule has 0 spiro atoms. The number of esters is 1. The lowest BCUT2D eigenvalue weighted by atomic mass is 9.99. The van der Waals surface area contributed by atoms with Crippen LogP contribution in [0.5, 0.6) is 0 Å². The maximum absolute atomic E-state index is 11.0. The van der Waals surface area contributed by atoms with Gasteiger partial charge in [0, 0.05) is 18.3 Å². The van der Waals surface area contributed by atoms with Crippen LogP contribution in [0.3, 0.4) is 0 Å². The molecule has 0 aromatic rings. The van der Waals surface area contributed by atoms with Crippen molar-refractivity contribution in [3.63, 3.8) is 0 Å². The Morgan fingerprint density at radius 1 is 1.83 bits per heavy atom. The van der Waals surface area contributed by atoms with Gasteiger partial charge >= 0.3 is 11.5 Å². The quantitative estimate of drug-likeness (QED) is 0.272. The summed E-state index contributed by atoms with van der Waals surface area (Å²) in [5.41, 5.74) is -1.70. The van der Waals surface area contributed by atoms with Crippen LogP contribution in [0.25, 0.3) is 0 Å². The Balaban J connectivity index is 4.72. The van der Waals surface area contributed by atoms with E-state index in [-0.39, 0.29) is 6.42 Å². The van der Waals surface area contributed by atoms with Crippen LogP contribution < -0.4 is 0 Å². The third-order valence-corrected chi connectivity index (χ3v) is 1.57. The van der Waals surface area contributed by atoms with Gasteiger partial charge in [-0.25, -0.2) is 4.79 Å². The van der Waals surface area contributed by atoms with Crippen molar-refractivity contribution in [2.45, 2.75) is 18.9 Å². The molecule has 0 saturated carbocycles. The fourth-order valence-electron chi connectivity index (χ4n) is 0.733. The third-order valence-electron chi connectivity index (χ3n) is 1.57. The van der Waals surface area contributed by atoms with Gasteiger partial charge in [-0.2, -0.15) is 0 Å². The van der Waals surface area contributed by atoms with Gasteiger partial charge in [-0.05, 0) is 0 Å². The Hall–Kier alpha value is -1.39. The summed E-state index contributed by atoms with van der Waals surface area (Å²) in [5, 5.41) is 10.5. The Labute approximate surface area is 70.2 Å². The lowest BCUT2D eigenvalue weighted by molar-refractivity contribution is -0.549. The van der Waals surface area contributed by atoms with Crippen molar-refractivity contribution < 1.29 is 14.5 Å². The molecule has 12 heavy (non-hydrogen) atoms. The van der Waals surface area contributed by atoms with Crippen LogP contribution in [0, 0.1) is 10.1 Å². The number of nitrogens with zero attached hydrogens (tertiary/aromatic N) is 1. The lowest BCUT2D eigenvalue weighted by Gasteiger charge is -2.15. The first-order valence-corrected chi connectivity index (χ1v) is 3.33. The minimum Gasteiger partial charge on any atom is -0.464 e. The molecule has 0 radical (unpaired) electrons. The van der Waals surface area contributed by atoms with Crippen LogP contribution in [-0.4, -0.2) is 23.5 Å². The second kappa shape index (κ2) is 3.85. The van der Waals surface area contributed by atoms with E-state index in [0.29, 0.717) is 0 Å². The molecule has 0 heterocycles. The summed E-state index contributed by atoms with van der Waals surface area (Å²) in [6.07, 6.45) is 1.28. The fourth-order valence-corrected chi connectivity index (χ4v) is 0.733. The van der Waals surface area contributed by atoms with Gasteiger partial charge in [0.25, 0.3) is 0 Å². The molecule has 0 saturated heterocycles. The van der Waals surface area contributed by atoms with E-state index in [1.807, 2.05) is 0 Å². The van der Waals surface area contributed by atoms with E-state index in [2.05, 4.69) is 11.3 Å². The molecule has 5 heteroatoms. The second-order valence-corrected chi connectivity index (χ2v) is 2.52. The Morgan fingerprint density at radius 2 is 2.33 bits per heavy atom. The second-order valence-electron chi connectivity index (χ2n) is 2.52. The van der Waals surface area contributed by atoms with Gasteiger partial charge in [0.2, 0.25) is 0 Å². The predicted octanol–water partition coefficient (Wildman–Crippen LogP) is 0.771. The topological polar surface area (TPSA) is 69.4 Å². The maximum atomic E-state index is 11.0. The van der Waals surface area contributed by atoms with Crippen molar-refractivity contribution in [2.24, 2.45) is 0 Å². The summed E-state index contributed by atoms with van der Waals surface area (Å²) in [5.74, 6) is -0.854. The molecule has 68 valence electrons. The monoisotopic (exact) mass is 173 g/mol. The first-order valence-electron chi connectivity index (χ1n) is 3.33. The smallest absolute Gasteiger partial charge is 0.384 e. The highest BCUT2D eigenvalue weighted by Gasteiger charge is 2.45.